The quantitative estimate of drug-likeness (QED) is 0.277. The minimum Gasteiger partial charge on any atom is -0.455 e. The fourth-order valence-electron chi connectivity index (χ4n) is 3.80. The van der Waals surface area contributed by atoms with E-state index in [1.165, 1.54) is 35.1 Å². The minimum atomic E-state index is -0.709. The number of benzene rings is 2. The van der Waals surface area contributed by atoms with E-state index in [4.69, 9.17) is 4.74 Å². The van der Waals surface area contributed by atoms with Crippen LogP contribution in [0.2, 0.25) is 0 Å². The number of nitrogens with one attached hydrogen (secondary N) is 1. The SMILES string of the molecule is CC(C)n1cc(-c2ccc(F)cc2)c(=O)c(C(=O)Nc2ccc(Oc3cc4cnn(C)c4cc3Br)cn2)n1. The molecule has 5 aromatic rings. The molecule has 0 saturated carbocycles. The Kier molecular flexibility index (Phi) is 6.77. The van der Waals surface area contributed by atoms with Crippen LogP contribution < -0.4 is 15.5 Å². The molecule has 0 aliphatic rings. The smallest absolute Gasteiger partial charge is 0.281 e. The zero-order valence-electron chi connectivity index (χ0n) is 20.6. The molecule has 0 spiro atoms. The van der Waals surface area contributed by atoms with Crippen molar-refractivity contribution in [3.63, 3.8) is 0 Å². The highest BCUT2D eigenvalue weighted by Crippen LogP contribution is 2.33. The van der Waals surface area contributed by atoms with Gasteiger partial charge in [-0.25, -0.2) is 9.37 Å². The Bertz CT molecular complexity index is 1710. The Balaban J connectivity index is 1.38. The van der Waals surface area contributed by atoms with Crippen LogP contribution in [-0.2, 0) is 7.05 Å². The number of hydrogen-bond donors (Lipinski definition) is 1. The number of pyridine rings is 1. The molecule has 0 aliphatic heterocycles. The van der Waals surface area contributed by atoms with Crippen molar-refractivity contribution in [2.45, 2.75) is 19.9 Å². The fourth-order valence-corrected chi connectivity index (χ4v) is 4.22. The van der Waals surface area contributed by atoms with E-state index in [1.807, 2.05) is 33.0 Å². The molecule has 5 rings (SSSR count). The highest BCUT2D eigenvalue weighted by Gasteiger charge is 2.20. The molecular formula is C27H22BrFN6O3. The number of aromatic nitrogens is 5. The molecule has 2 aromatic carbocycles. The van der Waals surface area contributed by atoms with Crippen molar-refractivity contribution in [3.05, 3.63) is 93.3 Å². The van der Waals surface area contributed by atoms with Gasteiger partial charge in [0.15, 0.2) is 5.69 Å². The lowest BCUT2D eigenvalue weighted by molar-refractivity contribution is 0.101. The van der Waals surface area contributed by atoms with Crippen LogP contribution in [-0.4, -0.2) is 30.5 Å². The van der Waals surface area contributed by atoms with Gasteiger partial charge in [-0.2, -0.15) is 10.2 Å². The number of rotatable bonds is 6. The maximum atomic E-state index is 13.4. The number of nitrogens with zero attached hydrogens (tertiary/aromatic N) is 5. The monoisotopic (exact) mass is 576 g/mol. The Morgan fingerprint density at radius 3 is 2.55 bits per heavy atom. The number of amides is 1. The molecule has 0 aliphatic carbocycles. The van der Waals surface area contributed by atoms with Gasteiger partial charge in [0.25, 0.3) is 5.91 Å². The lowest BCUT2D eigenvalue weighted by Gasteiger charge is -2.14. The number of fused-ring (bicyclic) bond motifs is 1. The molecule has 0 atom stereocenters. The fraction of sp³-hybridized carbons (Fsp3) is 0.148. The van der Waals surface area contributed by atoms with Crippen molar-refractivity contribution in [2.24, 2.45) is 7.05 Å². The zero-order chi connectivity index (χ0) is 27.0. The first-order valence-electron chi connectivity index (χ1n) is 11.7. The molecule has 0 bridgehead atoms. The Morgan fingerprint density at radius 1 is 1.11 bits per heavy atom. The van der Waals surface area contributed by atoms with Crippen LogP contribution >= 0.6 is 15.9 Å². The first kappa shape index (κ1) is 25.3. The number of carbonyl (C=O) groups excluding carboxylic acids is 1. The molecule has 3 heterocycles. The van der Waals surface area contributed by atoms with Gasteiger partial charge in [0, 0.05) is 30.2 Å². The van der Waals surface area contributed by atoms with Gasteiger partial charge in [-0.3, -0.25) is 19.0 Å². The summed E-state index contributed by atoms with van der Waals surface area (Å²) in [6.45, 7) is 3.75. The summed E-state index contributed by atoms with van der Waals surface area (Å²) < 4.78 is 23.4. The molecule has 11 heteroatoms. The number of ether oxygens (including phenoxy) is 1. The lowest BCUT2D eigenvalue weighted by atomic mass is 10.1. The molecule has 1 amide bonds. The van der Waals surface area contributed by atoms with Gasteiger partial charge in [-0.05, 0) is 71.7 Å². The molecule has 0 saturated heterocycles. The summed E-state index contributed by atoms with van der Waals surface area (Å²) in [6, 6.07) is 12.4. The third-order valence-corrected chi connectivity index (χ3v) is 6.46. The van der Waals surface area contributed by atoms with Crippen molar-refractivity contribution in [2.75, 3.05) is 5.32 Å². The predicted molar refractivity (Wildman–Crippen MR) is 145 cm³/mol. The van der Waals surface area contributed by atoms with Crippen LogP contribution in [0, 0.1) is 5.82 Å². The second kappa shape index (κ2) is 10.2. The molecular weight excluding hydrogens is 555 g/mol. The van der Waals surface area contributed by atoms with Crippen LogP contribution in [0.3, 0.4) is 0 Å². The van der Waals surface area contributed by atoms with E-state index in [2.05, 4.69) is 36.4 Å². The first-order valence-corrected chi connectivity index (χ1v) is 12.4. The number of aryl methyl sites for hydroxylation is 1. The summed E-state index contributed by atoms with van der Waals surface area (Å²) in [5.74, 6) is 0.118. The zero-order valence-corrected chi connectivity index (χ0v) is 22.2. The molecule has 3 aromatic heterocycles. The second-order valence-electron chi connectivity index (χ2n) is 8.85. The van der Waals surface area contributed by atoms with Gasteiger partial charge in [0.05, 0.1) is 22.4 Å². The summed E-state index contributed by atoms with van der Waals surface area (Å²) in [6.07, 6.45) is 4.77. The van der Waals surface area contributed by atoms with Crippen molar-refractivity contribution in [1.29, 1.82) is 0 Å². The predicted octanol–water partition coefficient (Wildman–Crippen LogP) is 5.72. The second-order valence-corrected chi connectivity index (χ2v) is 9.70. The summed E-state index contributed by atoms with van der Waals surface area (Å²) in [5, 5.41) is 12.0. The number of hydrogen-bond acceptors (Lipinski definition) is 6. The van der Waals surface area contributed by atoms with Crippen LogP contribution in [0.5, 0.6) is 11.5 Å². The van der Waals surface area contributed by atoms with Gasteiger partial charge >= 0.3 is 0 Å². The van der Waals surface area contributed by atoms with Gasteiger partial charge in [0.2, 0.25) is 5.43 Å². The standard InChI is InChI=1S/C27H22BrFN6O3/c1-15(2)35-14-20(16-4-6-18(29)7-5-16)26(36)25(33-35)27(37)32-24-9-8-19(13-30-24)38-23-10-17-12-31-34(3)22(17)11-21(23)28/h4-15H,1-3H3,(H,30,32,37). The number of carbonyl (C=O) groups is 1. The van der Waals surface area contributed by atoms with Crippen LogP contribution in [0.1, 0.15) is 30.4 Å². The third-order valence-electron chi connectivity index (χ3n) is 5.84. The van der Waals surface area contributed by atoms with Crippen LogP contribution in [0.15, 0.2) is 76.4 Å². The first-order chi connectivity index (χ1) is 18.2. The largest absolute Gasteiger partial charge is 0.455 e. The average Bonchev–Trinajstić information content (AvgIpc) is 3.25. The Hall–Kier alpha value is -4.38. The molecule has 0 unspecified atom stereocenters. The van der Waals surface area contributed by atoms with Crippen molar-refractivity contribution < 1.29 is 13.9 Å². The normalized spacial score (nSPS) is 11.2. The van der Waals surface area contributed by atoms with Gasteiger partial charge < -0.3 is 10.1 Å². The van der Waals surface area contributed by atoms with E-state index in [1.54, 1.807) is 29.2 Å². The average molecular weight is 577 g/mol. The van der Waals surface area contributed by atoms with E-state index < -0.39 is 17.2 Å². The third kappa shape index (κ3) is 5.05. The summed E-state index contributed by atoms with van der Waals surface area (Å²) in [4.78, 5) is 30.5. The minimum absolute atomic E-state index is 0.124. The summed E-state index contributed by atoms with van der Waals surface area (Å²) in [5.41, 5.74) is 0.816. The van der Waals surface area contributed by atoms with E-state index in [0.29, 0.717) is 17.1 Å². The van der Waals surface area contributed by atoms with E-state index in [0.717, 1.165) is 15.4 Å². The van der Waals surface area contributed by atoms with Gasteiger partial charge in [-0.15, -0.1) is 0 Å². The van der Waals surface area contributed by atoms with Gasteiger partial charge in [-0.1, -0.05) is 12.1 Å². The highest BCUT2D eigenvalue weighted by molar-refractivity contribution is 9.10. The van der Waals surface area contributed by atoms with E-state index in [-0.39, 0.29) is 23.1 Å². The molecule has 192 valence electrons. The van der Waals surface area contributed by atoms with Crippen LogP contribution in [0.25, 0.3) is 22.0 Å². The molecule has 1 N–H and O–H groups in total. The number of anilines is 1. The number of halogens is 2. The topological polar surface area (TPSA) is 104 Å². The van der Waals surface area contributed by atoms with Crippen molar-refractivity contribution >= 4 is 38.6 Å². The molecule has 0 radical (unpaired) electrons. The van der Waals surface area contributed by atoms with E-state index in [9.17, 15) is 14.0 Å². The lowest BCUT2D eigenvalue weighted by Crippen LogP contribution is -2.28. The maximum Gasteiger partial charge on any atom is 0.281 e. The Morgan fingerprint density at radius 2 is 1.87 bits per heavy atom. The molecule has 0 fully saturated rings. The van der Waals surface area contributed by atoms with Crippen molar-refractivity contribution in [1.82, 2.24) is 24.5 Å². The maximum absolute atomic E-state index is 13.4. The van der Waals surface area contributed by atoms with E-state index >= 15 is 0 Å². The highest BCUT2D eigenvalue weighted by atomic mass is 79.9. The molecule has 38 heavy (non-hydrogen) atoms. The summed E-state index contributed by atoms with van der Waals surface area (Å²) in [7, 11) is 1.86. The van der Waals surface area contributed by atoms with Gasteiger partial charge in [0.1, 0.15) is 23.1 Å². The Labute approximate surface area is 225 Å². The van der Waals surface area contributed by atoms with Crippen LogP contribution in [0.4, 0.5) is 10.2 Å². The van der Waals surface area contributed by atoms with Crippen molar-refractivity contribution in [3.8, 4) is 22.6 Å². The summed E-state index contributed by atoms with van der Waals surface area (Å²) >= 11 is 3.51. The molecule has 9 nitrogen and oxygen atoms in total.